The minimum absolute atomic E-state index is 0.0409. The van der Waals surface area contributed by atoms with E-state index in [4.69, 9.17) is 4.74 Å². The molecular weight excluding hydrogens is 320 g/mol. The molecule has 0 atom stereocenters. The summed E-state index contributed by atoms with van der Waals surface area (Å²) in [7, 11) is 0. The van der Waals surface area contributed by atoms with Crippen LogP contribution in [0.4, 0.5) is 5.69 Å². The number of ether oxygens (including phenoxy) is 1. The van der Waals surface area contributed by atoms with Crippen molar-refractivity contribution in [1.82, 2.24) is 4.57 Å². The van der Waals surface area contributed by atoms with Crippen molar-refractivity contribution in [3.05, 3.63) is 64.3 Å². The van der Waals surface area contributed by atoms with E-state index in [1.807, 2.05) is 41.8 Å². The van der Waals surface area contributed by atoms with Crippen molar-refractivity contribution >= 4 is 22.6 Å². The van der Waals surface area contributed by atoms with Gasteiger partial charge in [0.05, 0.1) is 11.5 Å². The van der Waals surface area contributed by atoms with Crippen LogP contribution in [0.1, 0.15) is 12.6 Å². The zero-order chi connectivity index (χ0) is 18.0. The molecule has 0 saturated heterocycles. The summed E-state index contributed by atoms with van der Waals surface area (Å²) in [6.45, 7) is 4.12. The maximum Gasteiger partial charge on any atom is 0.325 e. The molecule has 0 amide bonds. The summed E-state index contributed by atoms with van der Waals surface area (Å²) in [4.78, 5) is 22.7. The Bertz CT molecular complexity index is 959. The number of rotatable bonds is 5. The van der Waals surface area contributed by atoms with Gasteiger partial charge in [-0.05, 0) is 25.5 Å². The maximum atomic E-state index is 12.0. The van der Waals surface area contributed by atoms with Crippen molar-refractivity contribution in [2.75, 3.05) is 6.61 Å². The molecule has 1 aromatic heterocycles. The smallest absolute Gasteiger partial charge is 0.325 e. The number of hydrogen-bond donors (Lipinski definition) is 0. The number of nitro groups is 1. The van der Waals surface area contributed by atoms with Crippen LogP contribution in [0.3, 0.4) is 0 Å². The standard InChI is InChI=1S/C19H18N2O4/c1-3-25-18(22)12-20-13(2)19(16-9-4-5-10-17(16)20)14-7-6-8-15(11-14)21(23)24/h4-11H,3,12H2,1-2H3. The highest BCUT2D eigenvalue weighted by atomic mass is 16.6. The summed E-state index contributed by atoms with van der Waals surface area (Å²) in [6.07, 6.45) is 0. The first kappa shape index (κ1) is 16.7. The largest absolute Gasteiger partial charge is 0.465 e. The van der Waals surface area contributed by atoms with E-state index >= 15 is 0 Å². The second-order valence-corrected chi connectivity index (χ2v) is 5.68. The van der Waals surface area contributed by atoms with Crippen molar-refractivity contribution < 1.29 is 14.5 Å². The predicted octanol–water partition coefficient (Wildman–Crippen LogP) is 4.09. The van der Waals surface area contributed by atoms with Crippen molar-refractivity contribution in [1.29, 1.82) is 0 Å². The van der Waals surface area contributed by atoms with Gasteiger partial charge in [-0.25, -0.2) is 0 Å². The molecule has 6 heteroatoms. The van der Waals surface area contributed by atoms with E-state index in [2.05, 4.69) is 0 Å². The Morgan fingerprint density at radius 2 is 1.96 bits per heavy atom. The van der Waals surface area contributed by atoms with Gasteiger partial charge >= 0.3 is 5.97 Å². The van der Waals surface area contributed by atoms with Crippen LogP contribution in [-0.2, 0) is 16.1 Å². The van der Waals surface area contributed by atoms with Gasteiger partial charge in [0.2, 0.25) is 0 Å². The minimum atomic E-state index is -0.406. The minimum Gasteiger partial charge on any atom is -0.465 e. The number of fused-ring (bicyclic) bond motifs is 1. The van der Waals surface area contributed by atoms with E-state index in [1.165, 1.54) is 6.07 Å². The Hall–Kier alpha value is -3.15. The highest BCUT2D eigenvalue weighted by molar-refractivity contribution is 5.99. The first-order chi connectivity index (χ1) is 12.0. The van der Waals surface area contributed by atoms with Crippen LogP contribution in [0, 0.1) is 17.0 Å². The van der Waals surface area contributed by atoms with Gasteiger partial charge in [0.15, 0.2) is 0 Å². The van der Waals surface area contributed by atoms with E-state index in [0.717, 1.165) is 27.7 Å². The molecule has 0 N–H and O–H groups in total. The Morgan fingerprint density at radius 3 is 2.68 bits per heavy atom. The molecule has 2 aromatic carbocycles. The van der Waals surface area contributed by atoms with Gasteiger partial charge in [0.1, 0.15) is 6.54 Å². The predicted molar refractivity (Wildman–Crippen MR) is 95.4 cm³/mol. The molecular formula is C19H18N2O4. The molecule has 0 bridgehead atoms. The first-order valence-corrected chi connectivity index (χ1v) is 8.01. The van der Waals surface area contributed by atoms with Crippen molar-refractivity contribution in [3.63, 3.8) is 0 Å². The molecule has 0 aliphatic rings. The normalized spacial score (nSPS) is 10.8. The van der Waals surface area contributed by atoms with Crippen LogP contribution < -0.4 is 0 Å². The zero-order valence-electron chi connectivity index (χ0n) is 14.1. The van der Waals surface area contributed by atoms with Crippen molar-refractivity contribution in [2.24, 2.45) is 0 Å². The van der Waals surface area contributed by atoms with E-state index in [9.17, 15) is 14.9 Å². The van der Waals surface area contributed by atoms with Gasteiger partial charge in [-0.15, -0.1) is 0 Å². The third kappa shape index (κ3) is 3.10. The molecule has 0 aliphatic heterocycles. The van der Waals surface area contributed by atoms with Gasteiger partial charge in [0, 0.05) is 34.3 Å². The molecule has 6 nitrogen and oxygen atoms in total. The van der Waals surface area contributed by atoms with E-state index in [-0.39, 0.29) is 18.2 Å². The number of hydrogen-bond acceptors (Lipinski definition) is 4. The number of para-hydroxylation sites is 1. The van der Waals surface area contributed by atoms with E-state index < -0.39 is 4.92 Å². The summed E-state index contributed by atoms with van der Waals surface area (Å²) < 4.78 is 6.96. The summed E-state index contributed by atoms with van der Waals surface area (Å²) in [5, 5.41) is 12.0. The number of carbonyl (C=O) groups is 1. The number of esters is 1. The molecule has 0 fully saturated rings. The van der Waals surface area contributed by atoms with Gasteiger partial charge in [-0.3, -0.25) is 14.9 Å². The Balaban J connectivity index is 2.19. The highest BCUT2D eigenvalue weighted by Crippen LogP contribution is 2.35. The number of carbonyl (C=O) groups excluding carboxylic acids is 1. The molecule has 0 saturated carbocycles. The lowest BCUT2D eigenvalue weighted by atomic mass is 10.0. The number of non-ortho nitro benzene ring substituents is 1. The summed E-state index contributed by atoms with van der Waals surface area (Å²) in [5.41, 5.74) is 3.46. The van der Waals surface area contributed by atoms with Crippen LogP contribution in [-0.4, -0.2) is 22.1 Å². The lowest BCUT2D eigenvalue weighted by molar-refractivity contribution is -0.384. The third-order valence-corrected chi connectivity index (χ3v) is 4.17. The van der Waals surface area contributed by atoms with E-state index in [1.54, 1.807) is 19.1 Å². The van der Waals surface area contributed by atoms with Crippen LogP contribution in [0.15, 0.2) is 48.5 Å². The van der Waals surface area contributed by atoms with Crippen LogP contribution >= 0.6 is 0 Å². The SMILES string of the molecule is CCOC(=O)Cn1c(C)c(-c2cccc([N+](=O)[O-])c2)c2ccccc21. The molecule has 0 unspecified atom stereocenters. The van der Waals surface area contributed by atoms with Crippen LogP contribution in [0.25, 0.3) is 22.0 Å². The van der Waals surface area contributed by atoms with Gasteiger partial charge < -0.3 is 9.30 Å². The Labute approximate surface area is 144 Å². The van der Waals surface area contributed by atoms with E-state index in [0.29, 0.717) is 6.61 Å². The lowest BCUT2D eigenvalue weighted by Crippen LogP contribution is -2.14. The molecule has 0 spiro atoms. The topological polar surface area (TPSA) is 74.4 Å². The molecule has 1 heterocycles. The molecule has 25 heavy (non-hydrogen) atoms. The third-order valence-electron chi connectivity index (χ3n) is 4.17. The average Bonchev–Trinajstić information content (AvgIpc) is 2.87. The first-order valence-electron chi connectivity index (χ1n) is 8.01. The number of benzene rings is 2. The molecule has 128 valence electrons. The molecule has 0 radical (unpaired) electrons. The fraction of sp³-hybridized carbons (Fsp3) is 0.211. The number of nitro benzene ring substituents is 1. The fourth-order valence-corrected chi connectivity index (χ4v) is 3.11. The van der Waals surface area contributed by atoms with Crippen molar-refractivity contribution in [2.45, 2.75) is 20.4 Å². The fourth-order valence-electron chi connectivity index (χ4n) is 3.11. The average molecular weight is 338 g/mol. The molecule has 3 aromatic rings. The van der Waals surface area contributed by atoms with Crippen molar-refractivity contribution in [3.8, 4) is 11.1 Å². The van der Waals surface area contributed by atoms with Crippen LogP contribution in [0.5, 0.6) is 0 Å². The number of aromatic nitrogens is 1. The number of nitrogens with zero attached hydrogens (tertiary/aromatic N) is 2. The second-order valence-electron chi connectivity index (χ2n) is 5.68. The van der Waals surface area contributed by atoms with Gasteiger partial charge in [-0.2, -0.15) is 0 Å². The highest BCUT2D eigenvalue weighted by Gasteiger charge is 2.19. The molecule has 0 aliphatic carbocycles. The van der Waals surface area contributed by atoms with Crippen LogP contribution in [0.2, 0.25) is 0 Å². The summed E-state index contributed by atoms with van der Waals surface area (Å²) in [5.74, 6) is -0.308. The Morgan fingerprint density at radius 1 is 1.20 bits per heavy atom. The molecule has 3 rings (SSSR count). The summed E-state index contributed by atoms with van der Waals surface area (Å²) >= 11 is 0. The summed E-state index contributed by atoms with van der Waals surface area (Å²) in [6, 6.07) is 14.2. The van der Waals surface area contributed by atoms with Gasteiger partial charge in [0.25, 0.3) is 5.69 Å². The maximum absolute atomic E-state index is 12.0. The quantitative estimate of drug-likeness (QED) is 0.399. The lowest BCUT2D eigenvalue weighted by Gasteiger charge is -2.08. The second kappa shape index (κ2) is 6.76. The Kier molecular flexibility index (Phi) is 4.52. The zero-order valence-corrected chi connectivity index (χ0v) is 14.1. The van der Waals surface area contributed by atoms with Gasteiger partial charge in [-0.1, -0.05) is 30.3 Å². The monoisotopic (exact) mass is 338 g/mol.